The summed E-state index contributed by atoms with van der Waals surface area (Å²) in [7, 11) is 0. The lowest BCUT2D eigenvalue weighted by atomic mass is 10.1. The van der Waals surface area contributed by atoms with Gasteiger partial charge in [0.05, 0.1) is 6.04 Å². The molecule has 0 radical (unpaired) electrons. The number of nitrogens with two attached hydrogens (primary N) is 1. The first kappa shape index (κ1) is 13.5. The van der Waals surface area contributed by atoms with Crippen LogP contribution in [0.15, 0.2) is 0 Å². The number of nitrogens with zero attached hydrogens (tertiary/aromatic N) is 1. The van der Waals surface area contributed by atoms with E-state index in [2.05, 4.69) is 13.8 Å². The van der Waals surface area contributed by atoms with E-state index in [-0.39, 0.29) is 11.9 Å². The highest BCUT2D eigenvalue weighted by molar-refractivity contribution is 5.81. The van der Waals surface area contributed by atoms with E-state index in [1.807, 2.05) is 4.90 Å². The van der Waals surface area contributed by atoms with Crippen LogP contribution in [0.3, 0.4) is 0 Å². The van der Waals surface area contributed by atoms with E-state index in [9.17, 15) is 4.79 Å². The Kier molecular flexibility index (Phi) is 5.26. The quantitative estimate of drug-likeness (QED) is 0.780. The van der Waals surface area contributed by atoms with E-state index < -0.39 is 0 Å². The topological polar surface area (TPSA) is 46.3 Å². The maximum atomic E-state index is 12.0. The number of carbonyl (C=O) groups is 1. The molecule has 0 saturated heterocycles. The van der Waals surface area contributed by atoms with Gasteiger partial charge in [0.2, 0.25) is 5.91 Å². The first-order valence-corrected chi connectivity index (χ1v) is 6.58. The third kappa shape index (κ3) is 3.78. The fourth-order valence-corrected chi connectivity index (χ4v) is 2.35. The molecule has 1 aliphatic carbocycles. The summed E-state index contributed by atoms with van der Waals surface area (Å²) in [5.41, 5.74) is 5.72. The maximum absolute atomic E-state index is 12.0. The molecule has 16 heavy (non-hydrogen) atoms. The molecule has 1 amide bonds. The minimum Gasteiger partial charge on any atom is -0.338 e. The van der Waals surface area contributed by atoms with Gasteiger partial charge in [0.25, 0.3) is 0 Å². The van der Waals surface area contributed by atoms with Crippen LogP contribution in [0, 0.1) is 5.92 Å². The third-order valence-electron chi connectivity index (χ3n) is 3.39. The van der Waals surface area contributed by atoms with Gasteiger partial charge in [0.15, 0.2) is 0 Å². The molecule has 1 fully saturated rings. The summed E-state index contributed by atoms with van der Waals surface area (Å²) in [5.74, 6) is 0.775. The minimum atomic E-state index is -0.354. The van der Waals surface area contributed by atoms with Crippen molar-refractivity contribution in [3.63, 3.8) is 0 Å². The highest BCUT2D eigenvalue weighted by Gasteiger charge is 2.27. The Morgan fingerprint density at radius 2 is 1.88 bits per heavy atom. The lowest BCUT2D eigenvalue weighted by molar-refractivity contribution is -0.134. The Bertz CT molecular complexity index is 220. The number of hydrogen-bond donors (Lipinski definition) is 1. The second kappa shape index (κ2) is 6.24. The molecule has 0 unspecified atom stereocenters. The van der Waals surface area contributed by atoms with Gasteiger partial charge in [-0.05, 0) is 32.1 Å². The first-order valence-electron chi connectivity index (χ1n) is 6.58. The van der Waals surface area contributed by atoms with Gasteiger partial charge < -0.3 is 10.6 Å². The van der Waals surface area contributed by atoms with Crippen molar-refractivity contribution in [1.29, 1.82) is 0 Å². The van der Waals surface area contributed by atoms with Gasteiger partial charge in [-0.15, -0.1) is 0 Å². The zero-order valence-electron chi connectivity index (χ0n) is 10.9. The Balaban J connectivity index is 2.56. The van der Waals surface area contributed by atoms with Gasteiger partial charge in [-0.2, -0.15) is 0 Å². The molecule has 0 bridgehead atoms. The van der Waals surface area contributed by atoms with Gasteiger partial charge in [-0.25, -0.2) is 0 Å². The largest absolute Gasteiger partial charge is 0.338 e. The zero-order valence-corrected chi connectivity index (χ0v) is 10.9. The summed E-state index contributed by atoms with van der Waals surface area (Å²) >= 11 is 0. The van der Waals surface area contributed by atoms with E-state index in [4.69, 9.17) is 5.73 Å². The van der Waals surface area contributed by atoms with Crippen LogP contribution in [0.25, 0.3) is 0 Å². The van der Waals surface area contributed by atoms with Crippen molar-refractivity contribution in [2.24, 2.45) is 11.7 Å². The van der Waals surface area contributed by atoms with Crippen LogP contribution in [0.4, 0.5) is 0 Å². The van der Waals surface area contributed by atoms with Crippen molar-refractivity contribution >= 4 is 5.91 Å². The molecule has 0 heterocycles. The van der Waals surface area contributed by atoms with Crippen molar-refractivity contribution in [3.8, 4) is 0 Å². The highest BCUT2D eigenvalue weighted by Crippen LogP contribution is 2.24. The lowest BCUT2D eigenvalue weighted by Crippen LogP contribution is -2.47. The summed E-state index contributed by atoms with van der Waals surface area (Å²) in [4.78, 5) is 14.1. The van der Waals surface area contributed by atoms with Crippen molar-refractivity contribution in [3.05, 3.63) is 0 Å². The van der Waals surface area contributed by atoms with Gasteiger partial charge in [-0.1, -0.05) is 26.7 Å². The normalized spacial score (nSPS) is 19.1. The van der Waals surface area contributed by atoms with E-state index in [0.717, 1.165) is 25.8 Å². The molecule has 1 saturated carbocycles. The molecule has 3 nitrogen and oxygen atoms in total. The van der Waals surface area contributed by atoms with Crippen LogP contribution in [0.2, 0.25) is 0 Å². The van der Waals surface area contributed by atoms with Crippen molar-refractivity contribution in [2.45, 2.75) is 65.0 Å². The number of rotatable bonds is 5. The third-order valence-corrected chi connectivity index (χ3v) is 3.39. The van der Waals surface area contributed by atoms with Crippen LogP contribution in [-0.2, 0) is 4.79 Å². The second-order valence-corrected chi connectivity index (χ2v) is 5.44. The smallest absolute Gasteiger partial charge is 0.239 e. The van der Waals surface area contributed by atoms with Crippen molar-refractivity contribution in [1.82, 2.24) is 4.90 Å². The first-order chi connectivity index (χ1) is 7.52. The van der Waals surface area contributed by atoms with Crippen molar-refractivity contribution < 1.29 is 4.79 Å². The van der Waals surface area contributed by atoms with Crippen LogP contribution in [0.5, 0.6) is 0 Å². The SMILES string of the molecule is CC(C)CCN(C(=O)[C@@H](C)N)C1CCCC1. The molecule has 1 atom stereocenters. The summed E-state index contributed by atoms with van der Waals surface area (Å²) in [6.07, 6.45) is 5.92. The van der Waals surface area contributed by atoms with Gasteiger partial charge in [0, 0.05) is 12.6 Å². The molecule has 2 N–H and O–H groups in total. The number of carbonyl (C=O) groups excluding carboxylic acids is 1. The van der Waals surface area contributed by atoms with Gasteiger partial charge in [-0.3, -0.25) is 4.79 Å². The lowest BCUT2D eigenvalue weighted by Gasteiger charge is -2.31. The molecule has 0 aromatic rings. The second-order valence-electron chi connectivity index (χ2n) is 5.44. The Hall–Kier alpha value is -0.570. The highest BCUT2D eigenvalue weighted by atomic mass is 16.2. The summed E-state index contributed by atoms with van der Waals surface area (Å²) < 4.78 is 0. The molecule has 0 spiro atoms. The zero-order chi connectivity index (χ0) is 12.1. The maximum Gasteiger partial charge on any atom is 0.239 e. The molecule has 0 aromatic heterocycles. The van der Waals surface area contributed by atoms with E-state index in [0.29, 0.717) is 12.0 Å². The van der Waals surface area contributed by atoms with Crippen LogP contribution in [0.1, 0.15) is 52.9 Å². The fourth-order valence-electron chi connectivity index (χ4n) is 2.35. The monoisotopic (exact) mass is 226 g/mol. The van der Waals surface area contributed by atoms with Crippen LogP contribution < -0.4 is 5.73 Å². The predicted molar refractivity (Wildman–Crippen MR) is 67.1 cm³/mol. The average Bonchev–Trinajstić information content (AvgIpc) is 2.70. The molecule has 0 aliphatic heterocycles. The predicted octanol–water partition coefficient (Wildman–Crippen LogP) is 2.15. The number of hydrogen-bond acceptors (Lipinski definition) is 2. The van der Waals surface area contributed by atoms with Gasteiger partial charge in [0.1, 0.15) is 0 Å². The molecule has 94 valence electrons. The van der Waals surface area contributed by atoms with Gasteiger partial charge >= 0.3 is 0 Å². The van der Waals surface area contributed by atoms with E-state index in [1.54, 1.807) is 6.92 Å². The van der Waals surface area contributed by atoms with E-state index >= 15 is 0 Å². The molecular weight excluding hydrogens is 200 g/mol. The summed E-state index contributed by atoms with van der Waals surface area (Å²) in [6.45, 7) is 7.06. The molecule has 3 heteroatoms. The van der Waals surface area contributed by atoms with Crippen LogP contribution >= 0.6 is 0 Å². The number of amides is 1. The summed E-state index contributed by atoms with van der Waals surface area (Å²) in [6, 6.07) is 0.102. The standard InChI is InChI=1S/C13H26N2O/c1-10(2)8-9-15(13(16)11(3)14)12-6-4-5-7-12/h10-12H,4-9,14H2,1-3H3/t11-/m1/s1. The molecule has 1 rings (SSSR count). The molecule has 1 aliphatic rings. The molecular formula is C13H26N2O. The Morgan fingerprint density at radius 1 is 1.31 bits per heavy atom. The fraction of sp³-hybridized carbons (Fsp3) is 0.923. The van der Waals surface area contributed by atoms with Crippen molar-refractivity contribution in [2.75, 3.05) is 6.54 Å². The Morgan fingerprint density at radius 3 is 2.31 bits per heavy atom. The Labute approximate surface area is 99.4 Å². The average molecular weight is 226 g/mol. The molecule has 0 aromatic carbocycles. The van der Waals surface area contributed by atoms with E-state index in [1.165, 1.54) is 12.8 Å². The minimum absolute atomic E-state index is 0.132. The van der Waals surface area contributed by atoms with Crippen LogP contribution in [-0.4, -0.2) is 29.4 Å². The summed E-state index contributed by atoms with van der Waals surface area (Å²) in [5, 5.41) is 0.